The van der Waals surface area contributed by atoms with Crippen molar-refractivity contribution < 1.29 is 4.79 Å². The zero-order valence-electron chi connectivity index (χ0n) is 16.9. The Bertz CT molecular complexity index is 1240. The molecule has 0 saturated carbocycles. The number of aryl methyl sites for hydroxylation is 2. The lowest BCUT2D eigenvalue weighted by Crippen LogP contribution is -2.15. The molecule has 1 fully saturated rings. The van der Waals surface area contributed by atoms with Crippen LogP contribution in [0.25, 0.3) is 33.8 Å². The van der Waals surface area contributed by atoms with Crippen molar-refractivity contribution in [3.05, 3.63) is 35.7 Å². The van der Waals surface area contributed by atoms with Crippen LogP contribution in [0.5, 0.6) is 0 Å². The molecule has 1 aliphatic heterocycles. The smallest absolute Gasteiger partial charge is 0.248 e. The maximum atomic E-state index is 12.0. The zero-order chi connectivity index (χ0) is 20.8. The van der Waals surface area contributed by atoms with Gasteiger partial charge in [0, 0.05) is 29.6 Å². The van der Waals surface area contributed by atoms with Crippen LogP contribution in [0, 0.1) is 6.92 Å². The fourth-order valence-corrected chi connectivity index (χ4v) is 4.10. The largest absolute Gasteiger partial charge is 0.366 e. The second-order valence-corrected chi connectivity index (χ2v) is 7.57. The van der Waals surface area contributed by atoms with Crippen LogP contribution < -0.4 is 11.1 Å². The topological polar surface area (TPSA) is 132 Å². The van der Waals surface area contributed by atoms with E-state index in [0.29, 0.717) is 17.2 Å². The Morgan fingerprint density at radius 1 is 1.27 bits per heavy atom. The standard InChI is InChI=1S/C20H23N9O/c1-3-28-17(6-11(2)27-28)20-24-19(25-26-20)14-7-12(18(21)30)8-16-15(14)10-23-29(16)13-4-5-22-9-13/h6-8,10,13,22H,3-5,9H2,1-2H3,(H2,21,30)(H,24,25,26)/t13-/m1/s1. The van der Waals surface area contributed by atoms with Crippen molar-refractivity contribution in [3.63, 3.8) is 0 Å². The van der Waals surface area contributed by atoms with E-state index in [1.807, 2.05) is 35.5 Å². The van der Waals surface area contributed by atoms with E-state index in [2.05, 4.69) is 30.7 Å². The lowest BCUT2D eigenvalue weighted by molar-refractivity contribution is 0.100. The van der Waals surface area contributed by atoms with E-state index in [0.717, 1.165) is 53.9 Å². The highest BCUT2D eigenvalue weighted by Gasteiger charge is 2.23. The van der Waals surface area contributed by atoms with E-state index in [1.54, 1.807) is 12.1 Å². The first-order valence-corrected chi connectivity index (χ1v) is 10.0. The lowest BCUT2D eigenvalue weighted by atomic mass is 10.0. The maximum absolute atomic E-state index is 12.0. The highest BCUT2D eigenvalue weighted by molar-refractivity contribution is 6.02. The van der Waals surface area contributed by atoms with Crippen molar-refractivity contribution in [2.24, 2.45) is 5.73 Å². The minimum Gasteiger partial charge on any atom is -0.366 e. The summed E-state index contributed by atoms with van der Waals surface area (Å²) in [4.78, 5) is 15.3. The maximum Gasteiger partial charge on any atom is 0.248 e. The number of carbonyl (C=O) groups is 1. The first-order chi connectivity index (χ1) is 14.5. The molecule has 1 saturated heterocycles. The van der Waals surface area contributed by atoms with Gasteiger partial charge in [0.15, 0.2) is 11.6 Å². The normalized spacial score (nSPS) is 16.5. The molecule has 1 atom stereocenters. The Morgan fingerprint density at radius 2 is 2.10 bits per heavy atom. The number of fused-ring (bicyclic) bond motifs is 1. The first kappa shape index (κ1) is 18.5. The number of amides is 1. The summed E-state index contributed by atoms with van der Waals surface area (Å²) in [5.74, 6) is 0.691. The number of H-pyrrole nitrogens is 1. The molecule has 1 aliphatic rings. The van der Waals surface area contributed by atoms with Gasteiger partial charge in [-0.2, -0.15) is 10.2 Å². The van der Waals surface area contributed by atoms with E-state index >= 15 is 0 Å². The average molecular weight is 405 g/mol. The van der Waals surface area contributed by atoms with Gasteiger partial charge in [0.2, 0.25) is 5.91 Å². The number of hydrogen-bond donors (Lipinski definition) is 3. The van der Waals surface area contributed by atoms with Gasteiger partial charge in [-0.25, -0.2) is 0 Å². The van der Waals surface area contributed by atoms with Crippen molar-refractivity contribution in [2.75, 3.05) is 13.1 Å². The van der Waals surface area contributed by atoms with Gasteiger partial charge in [-0.15, -0.1) is 10.2 Å². The van der Waals surface area contributed by atoms with Crippen molar-refractivity contribution >= 4 is 16.8 Å². The molecule has 0 spiro atoms. The van der Waals surface area contributed by atoms with Gasteiger partial charge < -0.3 is 16.0 Å². The Kier molecular flexibility index (Phi) is 4.35. The molecule has 5 rings (SSSR count). The van der Waals surface area contributed by atoms with Crippen LogP contribution in [-0.2, 0) is 6.54 Å². The molecule has 154 valence electrons. The number of primary amides is 1. The van der Waals surface area contributed by atoms with Gasteiger partial charge in [0.1, 0.15) is 5.69 Å². The second kappa shape index (κ2) is 7.06. The predicted molar refractivity (Wildman–Crippen MR) is 112 cm³/mol. The van der Waals surface area contributed by atoms with Crippen LogP contribution in [0.15, 0.2) is 24.4 Å². The number of carbonyl (C=O) groups excluding carboxylic acids is 1. The van der Waals surface area contributed by atoms with Crippen molar-refractivity contribution in [2.45, 2.75) is 32.9 Å². The molecular weight excluding hydrogens is 382 g/mol. The monoisotopic (exact) mass is 405 g/mol. The summed E-state index contributed by atoms with van der Waals surface area (Å²) in [6, 6.07) is 5.76. The fourth-order valence-electron chi connectivity index (χ4n) is 4.10. The summed E-state index contributed by atoms with van der Waals surface area (Å²) in [6.07, 6.45) is 2.80. The van der Waals surface area contributed by atoms with Gasteiger partial charge in [-0.3, -0.25) is 14.2 Å². The molecule has 30 heavy (non-hydrogen) atoms. The Morgan fingerprint density at radius 3 is 2.83 bits per heavy atom. The number of benzene rings is 1. The van der Waals surface area contributed by atoms with E-state index in [1.165, 1.54) is 0 Å². The van der Waals surface area contributed by atoms with Crippen LogP contribution in [0.4, 0.5) is 0 Å². The van der Waals surface area contributed by atoms with Crippen LogP contribution in [-0.4, -0.2) is 53.7 Å². The molecule has 0 aliphatic carbocycles. The number of rotatable bonds is 5. The summed E-state index contributed by atoms with van der Waals surface area (Å²) in [5.41, 5.74) is 9.42. The molecule has 3 aromatic heterocycles. The molecule has 4 N–H and O–H groups in total. The van der Waals surface area contributed by atoms with Gasteiger partial charge >= 0.3 is 0 Å². The third-order valence-corrected chi connectivity index (χ3v) is 5.57. The van der Waals surface area contributed by atoms with Crippen LogP contribution in [0.3, 0.4) is 0 Å². The summed E-state index contributed by atoms with van der Waals surface area (Å²) in [6.45, 7) is 6.49. The van der Waals surface area contributed by atoms with Crippen molar-refractivity contribution in [1.82, 2.24) is 40.1 Å². The number of hydrogen-bond acceptors (Lipinski definition) is 6. The van der Waals surface area contributed by atoms with Crippen LogP contribution in [0.1, 0.15) is 35.4 Å². The highest BCUT2D eigenvalue weighted by atomic mass is 16.1. The van der Waals surface area contributed by atoms with Gasteiger partial charge in [-0.05, 0) is 45.0 Å². The van der Waals surface area contributed by atoms with Gasteiger partial charge in [-0.1, -0.05) is 0 Å². The number of nitrogens with zero attached hydrogens (tertiary/aromatic N) is 6. The second-order valence-electron chi connectivity index (χ2n) is 7.57. The molecule has 4 heterocycles. The number of aromatic nitrogens is 7. The summed E-state index contributed by atoms with van der Waals surface area (Å²) < 4.78 is 3.85. The first-order valence-electron chi connectivity index (χ1n) is 10.0. The predicted octanol–water partition coefficient (Wildman–Crippen LogP) is 1.65. The fraction of sp³-hybridized carbons (Fsp3) is 0.350. The molecule has 1 amide bonds. The van der Waals surface area contributed by atoms with Crippen molar-refractivity contribution in [1.29, 1.82) is 0 Å². The third-order valence-electron chi connectivity index (χ3n) is 5.57. The van der Waals surface area contributed by atoms with Crippen LogP contribution in [0.2, 0.25) is 0 Å². The molecule has 0 radical (unpaired) electrons. The number of aromatic amines is 1. The number of nitrogens with two attached hydrogens (primary N) is 1. The average Bonchev–Trinajstić information content (AvgIpc) is 3.51. The van der Waals surface area contributed by atoms with Gasteiger partial charge in [0.05, 0.1) is 23.4 Å². The zero-order valence-corrected chi connectivity index (χ0v) is 16.9. The van der Waals surface area contributed by atoms with Crippen molar-refractivity contribution in [3.8, 4) is 22.9 Å². The summed E-state index contributed by atoms with van der Waals surface area (Å²) in [7, 11) is 0. The minimum absolute atomic E-state index is 0.241. The van der Waals surface area contributed by atoms with E-state index in [9.17, 15) is 4.79 Å². The molecule has 4 aromatic rings. The SMILES string of the molecule is CCn1nc(C)cc1-c1nnc(-c2cc(C(N)=O)cc3c2cnn3[C@@H]2CCNC2)[nH]1. The highest BCUT2D eigenvalue weighted by Crippen LogP contribution is 2.31. The molecule has 1 aromatic carbocycles. The minimum atomic E-state index is -0.491. The molecule has 10 nitrogen and oxygen atoms in total. The number of nitrogens with one attached hydrogen (secondary N) is 2. The molecule has 10 heteroatoms. The third kappa shape index (κ3) is 2.96. The summed E-state index contributed by atoms with van der Waals surface area (Å²) in [5, 5.41) is 22.0. The molecule has 0 unspecified atom stereocenters. The Hall–Kier alpha value is -3.53. The summed E-state index contributed by atoms with van der Waals surface area (Å²) >= 11 is 0. The quantitative estimate of drug-likeness (QED) is 0.462. The van der Waals surface area contributed by atoms with Crippen LogP contribution >= 0.6 is 0 Å². The molecular formula is C20H23N9O. The Labute approximate surface area is 172 Å². The van der Waals surface area contributed by atoms with Gasteiger partial charge in [0.25, 0.3) is 0 Å². The lowest BCUT2D eigenvalue weighted by Gasteiger charge is -2.12. The van der Waals surface area contributed by atoms with E-state index in [4.69, 9.17) is 5.73 Å². The molecule has 0 bridgehead atoms. The van der Waals surface area contributed by atoms with E-state index < -0.39 is 5.91 Å². The Balaban J connectivity index is 1.65. The van der Waals surface area contributed by atoms with E-state index in [-0.39, 0.29) is 6.04 Å².